The average Bonchev–Trinajstić information content (AvgIpc) is 3.11. The number of hydrogen-bond donors (Lipinski definition) is 0. The van der Waals surface area contributed by atoms with E-state index < -0.39 is 0 Å². The SMILES string of the molecule is CCSc1cccc(C(=O)N(CCN(C)C)c2nc3c(C)ccc(Cl)c3s2)c1. The topological polar surface area (TPSA) is 36.4 Å². The molecule has 4 nitrogen and oxygen atoms in total. The van der Waals surface area contributed by atoms with Crippen LogP contribution < -0.4 is 4.90 Å². The Kier molecular flexibility index (Phi) is 6.99. The number of halogens is 1. The van der Waals surface area contributed by atoms with E-state index in [0.29, 0.717) is 22.3 Å². The van der Waals surface area contributed by atoms with Crippen molar-refractivity contribution in [2.45, 2.75) is 18.7 Å². The Morgan fingerprint density at radius 3 is 2.68 bits per heavy atom. The molecule has 0 bridgehead atoms. The molecule has 3 rings (SSSR count). The highest BCUT2D eigenvalue weighted by molar-refractivity contribution is 7.99. The van der Waals surface area contributed by atoms with Crippen LogP contribution in [-0.2, 0) is 0 Å². The molecule has 0 aliphatic heterocycles. The molecule has 0 fully saturated rings. The summed E-state index contributed by atoms with van der Waals surface area (Å²) in [5.41, 5.74) is 2.60. The number of likely N-dealkylation sites (N-methyl/N-ethyl adjacent to an activating group) is 1. The van der Waals surface area contributed by atoms with Gasteiger partial charge in [0.2, 0.25) is 0 Å². The Labute approximate surface area is 179 Å². The molecular weight excluding hydrogens is 410 g/mol. The Morgan fingerprint density at radius 2 is 2.00 bits per heavy atom. The number of hydrogen-bond acceptors (Lipinski definition) is 5. The lowest BCUT2D eigenvalue weighted by Crippen LogP contribution is -2.36. The molecule has 0 unspecified atom stereocenters. The minimum atomic E-state index is -0.0340. The minimum absolute atomic E-state index is 0.0340. The zero-order chi connectivity index (χ0) is 20.3. The molecule has 0 spiro atoms. The van der Waals surface area contributed by atoms with Gasteiger partial charge in [-0.1, -0.05) is 42.0 Å². The van der Waals surface area contributed by atoms with Crippen LogP contribution in [0.5, 0.6) is 0 Å². The van der Waals surface area contributed by atoms with Crippen LogP contribution in [-0.4, -0.2) is 48.7 Å². The fourth-order valence-electron chi connectivity index (χ4n) is 2.83. The fraction of sp³-hybridized carbons (Fsp3) is 0.333. The summed E-state index contributed by atoms with van der Waals surface area (Å²) in [6.07, 6.45) is 0. The van der Waals surface area contributed by atoms with Crippen molar-refractivity contribution in [1.29, 1.82) is 0 Å². The summed E-state index contributed by atoms with van der Waals surface area (Å²) >= 11 is 9.59. The second kappa shape index (κ2) is 9.27. The number of anilines is 1. The molecule has 148 valence electrons. The second-order valence-corrected chi connectivity index (χ2v) is 9.48. The number of thioether (sulfide) groups is 1. The number of aryl methyl sites for hydroxylation is 1. The van der Waals surface area contributed by atoms with E-state index in [1.54, 1.807) is 16.7 Å². The van der Waals surface area contributed by atoms with Crippen molar-refractivity contribution in [3.63, 3.8) is 0 Å². The second-order valence-electron chi connectivity index (χ2n) is 6.76. The maximum Gasteiger partial charge on any atom is 0.260 e. The Morgan fingerprint density at radius 1 is 1.21 bits per heavy atom. The van der Waals surface area contributed by atoms with E-state index in [1.165, 1.54) is 11.3 Å². The zero-order valence-corrected chi connectivity index (χ0v) is 18.9. The smallest absolute Gasteiger partial charge is 0.260 e. The Bertz CT molecular complexity index is 948. The quantitative estimate of drug-likeness (QED) is 0.456. The molecule has 0 saturated carbocycles. The summed E-state index contributed by atoms with van der Waals surface area (Å²) in [4.78, 5) is 23.1. The highest BCUT2D eigenvalue weighted by Crippen LogP contribution is 2.36. The number of benzene rings is 2. The maximum atomic E-state index is 13.4. The molecule has 0 N–H and O–H groups in total. The highest BCUT2D eigenvalue weighted by Gasteiger charge is 2.22. The van der Waals surface area contributed by atoms with Crippen molar-refractivity contribution in [3.05, 3.63) is 52.5 Å². The van der Waals surface area contributed by atoms with Gasteiger partial charge in [0.1, 0.15) is 0 Å². The van der Waals surface area contributed by atoms with E-state index in [9.17, 15) is 4.79 Å². The molecule has 0 aliphatic carbocycles. The summed E-state index contributed by atoms with van der Waals surface area (Å²) in [7, 11) is 4.00. The first-order valence-electron chi connectivity index (χ1n) is 9.15. The third-order valence-electron chi connectivity index (χ3n) is 4.32. The number of rotatable bonds is 7. The van der Waals surface area contributed by atoms with Gasteiger partial charge in [-0.15, -0.1) is 11.8 Å². The van der Waals surface area contributed by atoms with Crippen molar-refractivity contribution >= 4 is 56.0 Å². The van der Waals surface area contributed by atoms with Crippen LogP contribution in [0.3, 0.4) is 0 Å². The maximum absolute atomic E-state index is 13.4. The molecular formula is C21H24ClN3OS2. The predicted octanol–water partition coefficient (Wildman–Crippen LogP) is 5.58. The van der Waals surface area contributed by atoms with Crippen molar-refractivity contribution < 1.29 is 4.79 Å². The summed E-state index contributed by atoms with van der Waals surface area (Å²) in [5.74, 6) is 0.936. The number of nitrogens with zero attached hydrogens (tertiary/aromatic N) is 3. The first kappa shape index (κ1) is 21.1. The number of amides is 1. The molecule has 0 radical (unpaired) electrons. The number of thiazole rings is 1. The van der Waals surface area contributed by atoms with Gasteiger partial charge in [0.25, 0.3) is 5.91 Å². The summed E-state index contributed by atoms with van der Waals surface area (Å²) in [6, 6.07) is 11.7. The van der Waals surface area contributed by atoms with Gasteiger partial charge in [0.15, 0.2) is 5.13 Å². The van der Waals surface area contributed by atoms with Gasteiger partial charge in [-0.05, 0) is 56.6 Å². The standard InChI is InChI=1S/C21H24ClN3OS2/c1-5-27-16-8-6-7-15(13-16)20(26)25(12-11-24(3)4)21-23-18-14(2)9-10-17(22)19(18)28-21/h6-10,13H,5,11-12H2,1-4H3. The molecule has 3 aromatic rings. The van der Waals surface area contributed by atoms with Crippen LogP contribution in [0.25, 0.3) is 10.2 Å². The molecule has 1 amide bonds. The number of aromatic nitrogens is 1. The van der Waals surface area contributed by atoms with Gasteiger partial charge in [0, 0.05) is 23.5 Å². The van der Waals surface area contributed by atoms with Crippen LogP contribution in [0.15, 0.2) is 41.3 Å². The van der Waals surface area contributed by atoms with Gasteiger partial charge < -0.3 is 4.90 Å². The van der Waals surface area contributed by atoms with E-state index in [1.807, 2.05) is 57.4 Å². The van der Waals surface area contributed by atoms with Crippen molar-refractivity contribution in [1.82, 2.24) is 9.88 Å². The van der Waals surface area contributed by atoms with Crippen LogP contribution in [0, 0.1) is 6.92 Å². The molecule has 2 aromatic carbocycles. The van der Waals surface area contributed by atoms with E-state index in [-0.39, 0.29) is 5.91 Å². The molecule has 1 aromatic heterocycles. The minimum Gasteiger partial charge on any atom is -0.308 e. The normalized spacial score (nSPS) is 11.4. The fourth-order valence-corrected chi connectivity index (χ4v) is 4.89. The third-order valence-corrected chi connectivity index (χ3v) is 6.74. The molecule has 0 atom stereocenters. The molecule has 0 saturated heterocycles. The van der Waals surface area contributed by atoms with E-state index in [4.69, 9.17) is 16.6 Å². The molecule has 7 heteroatoms. The van der Waals surface area contributed by atoms with Crippen LogP contribution in [0.4, 0.5) is 5.13 Å². The van der Waals surface area contributed by atoms with Gasteiger partial charge in [0.05, 0.1) is 15.2 Å². The Balaban J connectivity index is 2.01. The van der Waals surface area contributed by atoms with E-state index in [0.717, 1.165) is 33.0 Å². The van der Waals surface area contributed by atoms with Crippen molar-refractivity contribution in [2.75, 3.05) is 37.8 Å². The molecule has 1 heterocycles. The molecule has 28 heavy (non-hydrogen) atoms. The molecule has 0 aliphatic rings. The van der Waals surface area contributed by atoms with Gasteiger partial charge in [-0.2, -0.15) is 0 Å². The number of carbonyl (C=O) groups excluding carboxylic acids is 1. The van der Waals surface area contributed by atoms with E-state index >= 15 is 0 Å². The van der Waals surface area contributed by atoms with Crippen molar-refractivity contribution in [2.24, 2.45) is 0 Å². The monoisotopic (exact) mass is 433 g/mol. The van der Waals surface area contributed by atoms with Crippen LogP contribution in [0.1, 0.15) is 22.8 Å². The first-order chi connectivity index (χ1) is 13.4. The van der Waals surface area contributed by atoms with Crippen molar-refractivity contribution in [3.8, 4) is 0 Å². The highest BCUT2D eigenvalue weighted by atomic mass is 35.5. The van der Waals surface area contributed by atoms with Crippen LogP contribution >= 0.6 is 34.7 Å². The van der Waals surface area contributed by atoms with Gasteiger partial charge >= 0.3 is 0 Å². The largest absolute Gasteiger partial charge is 0.308 e. The van der Waals surface area contributed by atoms with Gasteiger partial charge in [-0.25, -0.2) is 4.98 Å². The zero-order valence-electron chi connectivity index (χ0n) is 16.5. The Hall–Kier alpha value is -1.60. The number of carbonyl (C=O) groups is 1. The summed E-state index contributed by atoms with van der Waals surface area (Å²) in [6.45, 7) is 5.43. The lowest BCUT2D eigenvalue weighted by atomic mass is 10.2. The van der Waals surface area contributed by atoms with Crippen LogP contribution in [0.2, 0.25) is 5.02 Å². The summed E-state index contributed by atoms with van der Waals surface area (Å²) < 4.78 is 0.926. The average molecular weight is 434 g/mol. The van der Waals surface area contributed by atoms with Gasteiger partial charge in [-0.3, -0.25) is 9.69 Å². The first-order valence-corrected chi connectivity index (χ1v) is 11.3. The lowest BCUT2D eigenvalue weighted by Gasteiger charge is -2.22. The number of fused-ring (bicyclic) bond motifs is 1. The lowest BCUT2D eigenvalue weighted by molar-refractivity contribution is 0.0985. The summed E-state index contributed by atoms with van der Waals surface area (Å²) in [5, 5.41) is 1.36. The van der Waals surface area contributed by atoms with E-state index in [2.05, 4.69) is 11.8 Å². The third kappa shape index (κ3) is 4.69. The predicted molar refractivity (Wildman–Crippen MR) is 122 cm³/mol.